The minimum atomic E-state index is 0.724. The van der Waals surface area contributed by atoms with E-state index in [4.69, 9.17) is 9.72 Å². The molecule has 0 fully saturated rings. The highest BCUT2D eigenvalue weighted by atomic mass is 32.1. The highest BCUT2D eigenvalue weighted by Crippen LogP contribution is 2.27. The number of hydrogen-bond donors (Lipinski definition) is 1. The van der Waals surface area contributed by atoms with E-state index >= 15 is 0 Å². The molecule has 0 radical (unpaired) electrons. The van der Waals surface area contributed by atoms with Crippen LogP contribution in [0.2, 0.25) is 0 Å². The van der Waals surface area contributed by atoms with Crippen molar-refractivity contribution in [1.82, 2.24) is 10.3 Å². The molecule has 2 heterocycles. The van der Waals surface area contributed by atoms with Crippen LogP contribution in [0.15, 0.2) is 24.3 Å². The molecule has 0 bridgehead atoms. The lowest BCUT2D eigenvalue weighted by atomic mass is 10.0. The first kappa shape index (κ1) is 13.6. The standard InChI is InChI=1S/C16H20N2OS/c1-11-3-5-13(17-10-11)12-4-6-15-14(9-12)18-16(20-15)7-8-19-2/h4-6,9,11,17H,3,7-8,10H2,1-2H3. The lowest BCUT2D eigenvalue weighted by Gasteiger charge is -2.20. The van der Waals surface area contributed by atoms with Gasteiger partial charge in [-0.15, -0.1) is 11.3 Å². The Hall–Kier alpha value is -1.39. The van der Waals surface area contributed by atoms with Gasteiger partial charge in [-0.25, -0.2) is 4.98 Å². The van der Waals surface area contributed by atoms with Crippen LogP contribution in [-0.2, 0) is 11.2 Å². The molecule has 20 heavy (non-hydrogen) atoms. The van der Waals surface area contributed by atoms with Gasteiger partial charge in [0, 0.05) is 25.8 Å². The Morgan fingerprint density at radius 3 is 3.10 bits per heavy atom. The van der Waals surface area contributed by atoms with Gasteiger partial charge in [-0.3, -0.25) is 0 Å². The van der Waals surface area contributed by atoms with Gasteiger partial charge in [0.05, 0.1) is 21.8 Å². The summed E-state index contributed by atoms with van der Waals surface area (Å²) in [5.74, 6) is 0.724. The van der Waals surface area contributed by atoms with E-state index in [1.54, 1.807) is 18.4 Å². The molecule has 0 aliphatic carbocycles. The number of nitrogens with one attached hydrogen (secondary N) is 1. The van der Waals surface area contributed by atoms with Crippen molar-refractivity contribution in [1.29, 1.82) is 0 Å². The number of thiazole rings is 1. The second-order valence-corrected chi connectivity index (χ2v) is 6.49. The summed E-state index contributed by atoms with van der Waals surface area (Å²) in [5, 5.41) is 4.66. The minimum Gasteiger partial charge on any atom is -0.385 e. The molecule has 3 rings (SSSR count). The van der Waals surface area contributed by atoms with Gasteiger partial charge in [0.25, 0.3) is 0 Å². The number of nitrogens with zero attached hydrogens (tertiary/aromatic N) is 1. The van der Waals surface area contributed by atoms with Crippen LogP contribution in [0.1, 0.15) is 23.9 Å². The normalized spacial score (nSPS) is 18.9. The number of ether oxygens (including phenoxy) is 1. The molecule has 3 nitrogen and oxygen atoms in total. The fourth-order valence-electron chi connectivity index (χ4n) is 2.42. The number of aromatic nitrogens is 1. The molecule has 106 valence electrons. The fraction of sp³-hybridized carbons (Fsp3) is 0.438. The maximum atomic E-state index is 5.12. The Morgan fingerprint density at radius 2 is 2.35 bits per heavy atom. The van der Waals surface area contributed by atoms with Gasteiger partial charge in [0.1, 0.15) is 0 Å². The van der Waals surface area contributed by atoms with Crippen molar-refractivity contribution >= 4 is 27.3 Å². The van der Waals surface area contributed by atoms with Crippen LogP contribution in [0.25, 0.3) is 15.9 Å². The zero-order chi connectivity index (χ0) is 13.9. The van der Waals surface area contributed by atoms with E-state index in [-0.39, 0.29) is 0 Å². The highest BCUT2D eigenvalue weighted by Gasteiger charge is 2.12. The topological polar surface area (TPSA) is 34.1 Å². The molecule has 1 aliphatic heterocycles. The number of methoxy groups -OCH3 is 1. The molecule has 0 amide bonds. The Bertz CT molecular complexity index is 632. The second-order valence-electron chi connectivity index (χ2n) is 5.37. The third kappa shape index (κ3) is 2.86. The van der Waals surface area contributed by atoms with Crippen molar-refractivity contribution in [2.75, 3.05) is 20.3 Å². The zero-order valence-corrected chi connectivity index (χ0v) is 12.8. The maximum Gasteiger partial charge on any atom is 0.0961 e. The van der Waals surface area contributed by atoms with Crippen molar-refractivity contribution in [3.8, 4) is 0 Å². The lowest BCUT2D eigenvalue weighted by molar-refractivity contribution is 0.202. The van der Waals surface area contributed by atoms with Crippen LogP contribution in [0.4, 0.5) is 0 Å². The summed E-state index contributed by atoms with van der Waals surface area (Å²) in [6.45, 7) is 4.06. The first-order valence-corrected chi connectivity index (χ1v) is 7.90. The summed E-state index contributed by atoms with van der Waals surface area (Å²) in [6.07, 6.45) is 4.34. The Kier molecular flexibility index (Phi) is 4.03. The molecule has 0 saturated heterocycles. The monoisotopic (exact) mass is 288 g/mol. The van der Waals surface area contributed by atoms with E-state index in [1.165, 1.54) is 16.0 Å². The molecule has 0 saturated carbocycles. The largest absolute Gasteiger partial charge is 0.385 e. The maximum absolute atomic E-state index is 5.12. The van der Waals surface area contributed by atoms with Gasteiger partial charge >= 0.3 is 0 Å². The van der Waals surface area contributed by atoms with Crippen LogP contribution in [0.5, 0.6) is 0 Å². The van der Waals surface area contributed by atoms with Gasteiger partial charge in [-0.2, -0.15) is 0 Å². The van der Waals surface area contributed by atoms with Crippen LogP contribution >= 0.6 is 11.3 Å². The summed E-state index contributed by atoms with van der Waals surface area (Å²) in [5.41, 5.74) is 3.59. The van der Waals surface area contributed by atoms with Crippen molar-refractivity contribution in [3.63, 3.8) is 0 Å². The van der Waals surface area contributed by atoms with E-state index in [2.05, 4.69) is 36.5 Å². The summed E-state index contributed by atoms with van der Waals surface area (Å²) in [4.78, 5) is 4.70. The molecule has 2 aromatic rings. The van der Waals surface area contributed by atoms with Crippen LogP contribution in [0.3, 0.4) is 0 Å². The average Bonchev–Trinajstić information content (AvgIpc) is 2.87. The predicted molar refractivity (Wildman–Crippen MR) is 85.0 cm³/mol. The number of allylic oxidation sites excluding steroid dienone is 1. The number of fused-ring (bicyclic) bond motifs is 1. The second kappa shape index (κ2) is 5.94. The van der Waals surface area contributed by atoms with Crippen molar-refractivity contribution in [2.45, 2.75) is 19.8 Å². The first-order valence-electron chi connectivity index (χ1n) is 7.09. The van der Waals surface area contributed by atoms with E-state index in [0.29, 0.717) is 0 Å². The smallest absolute Gasteiger partial charge is 0.0961 e. The SMILES string of the molecule is COCCc1nc2cc(C3=CCC(C)CN3)ccc2s1. The quantitative estimate of drug-likeness (QED) is 0.935. The summed E-state index contributed by atoms with van der Waals surface area (Å²) >= 11 is 1.76. The number of benzene rings is 1. The van der Waals surface area contributed by atoms with Crippen LogP contribution < -0.4 is 5.32 Å². The highest BCUT2D eigenvalue weighted by molar-refractivity contribution is 7.18. The molecule has 0 spiro atoms. The Morgan fingerprint density at radius 1 is 1.45 bits per heavy atom. The summed E-state index contributed by atoms with van der Waals surface area (Å²) in [6, 6.07) is 6.56. The summed E-state index contributed by atoms with van der Waals surface area (Å²) in [7, 11) is 1.73. The molecule has 1 N–H and O–H groups in total. The fourth-order valence-corrected chi connectivity index (χ4v) is 3.35. The molecular formula is C16H20N2OS. The number of hydrogen-bond acceptors (Lipinski definition) is 4. The Labute approximate surface area is 123 Å². The third-order valence-corrected chi connectivity index (χ3v) is 4.72. The molecular weight excluding hydrogens is 268 g/mol. The van der Waals surface area contributed by atoms with E-state index in [9.17, 15) is 0 Å². The first-order chi connectivity index (χ1) is 9.76. The van der Waals surface area contributed by atoms with Gasteiger partial charge < -0.3 is 10.1 Å². The molecule has 1 aliphatic rings. The lowest BCUT2D eigenvalue weighted by Crippen LogP contribution is -2.23. The van der Waals surface area contributed by atoms with Crippen LogP contribution in [0, 0.1) is 5.92 Å². The van der Waals surface area contributed by atoms with E-state index in [0.717, 1.165) is 42.4 Å². The molecule has 1 atom stereocenters. The van der Waals surface area contributed by atoms with Crippen molar-refractivity contribution in [3.05, 3.63) is 34.8 Å². The zero-order valence-electron chi connectivity index (χ0n) is 12.0. The van der Waals surface area contributed by atoms with E-state index < -0.39 is 0 Å². The summed E-state index contributed by atoms with van der Waals surface area (Å²) < 4.78 is 6.37. The predicted octanol–water partition coefficient (Wildman–Crippen LogP) is 3.46. The van der Waals surface area contributed by atoms with Crippen molar-refractivity contribution in [2.24, 2.45) is 5.92 Å². The molecule has 4 heteroatoms. The average molecular weight is 288 g/mol. The molecule has 1 aromatic heterocycles. The van der Waals surface area contributed by atoms with Gasteiger partial charge in [0.2, 0.25) is 0 Å². The van der Waals surface area contributed by atoms with Crippen LogP contribution in [-0.4, -0.2) is 25.2 Å². The third-order valence-electron chi connectivity index (χ3n) is 3.63. The Balaban J connectivity index is 1.86. The molecule has 1 unspecified atom stereocenters. The number of rotatable bonds is 4. The molecule has 1 aromatic carbocycles. The minimum absolute atomic E-state index is 0.724. The van der Waals surface area contributed by atoms with Gasteiger partial charge in [-0.05, 0) is 30.0 Å². The van der Waals surface area contributed by atoms with Gasteiger partial charge in [-0.1, -0.05) is 19.1 Å². The van der Waals surface area contributed by atoms with E-state index in [1.807, 2.05) is 0 Å². The van der Waals surface area contributed by atoms with Gasteiger partial charge in [0.15, 0.2) is 0 Å². The van der Waals surface area contributed by atoms with Crippen molar-refractivity contribution < 1.29 is 4.74 Å².